The van der Waals surface area contributed by atoms with Crippen LogP contribution in [0.2, 0.25) is 0 Å². The summed E-state index contributed by atoms with van der Waals surface area (Å²) in [6.07, 6.45) is 0.358. The maximum absolute atomic E-state index is 10.6. The molecule has 0 fully saturated rings. The Morgan fingerprint density at radius 2 is 2.12 bits per heavy atom. The van der Waals surface area contributed by atoms with Crippen LogP contribution in [0, 0.1) is 5.41 Å². The van der Waals surface area contributed by atoms with Gasteiger partial charge in [0.05, 0.1) is 0 Å². The number of aliphatic hydroxyl groups is 1. The molecule has 1 aromatic carbocycles. The number of benzene rings is 1. The highest BCUT2D eigenvalue weighted by Crippen LogP contribution is 2.34. The Labute approximate surface area is 93.7 Å². The summed E-state index contributed by atoms with van der Waals surface area (Å²) in [6, 6.07) is 9.13. The first kappa shape index (κ1) is 10.6. The molecule has 1 aliphatic heterocycles. The second-order valence-electron chi connectivity index (χ2n) is 3.89. The van der Waals surface area contributed by atoms with Crippen molar-refractivity contribution in [2.45, 2.75) is 19.1 Å². The van der Waals surface area contributed by atoms with Gasteiger partial charge in [-0.3, -0.25) is 5.41 Å². The van der Waals surface area contributed by atoms with Crippen molar-refractivity contribution in [3.8, 4) is 0 Å². The molecule has 0 amide bonds. The summed E-state index contributed by atoms with van der Waals surface area (Å²) in [5.74, 6) is -0.261. The SMILES string of the molecule is CC1=NN(C(=N)N)C(O)(c2ccccc2)C1. The number of nitrogens with zero attached hydrogens (tertiary/aromatic N) is 2. The van der Waals surface area contributed by atoms with Crippen LogP contribution in [0.4, 0.5) is 0 Å². The van der Waals surface area contributed by atoms with E-state index in [1.54, 1.807) is 19.1 Å². The standard InChI is InChI=1S/C11H14N4O/c1-8-7-11(16,15(14-8)10(12)13)9-5-3-2-4-6-9/h2-6,16H,7H2,1H3,(H3,12,13). The maximum Gasteiger partial charge on any atom is 0.212 e. The van der Waals surface area contributed by atoms with Crippen molar-refractivity contribution in [1.82, 2.24) is 5.01 Å². The van der Waals surface area contributed by atoms with Crippen LogP contribution in [0.5, 0.6) is 0 Å². The quantitative estimate of drug-likeness (QED) is 0.481. The zero-order valence-corrected chi connectivity index (χ0v) is 9.01. The molecule has 0 aliphatic carbocycles. The molecule has 1 aromatic rings. The first-order valence-electron chi connectivity index (χ1n) is 5.00. The molecule has 0 bridgehead atoms. The van der Waals surface area contributed by atoms with Crippen LogP contribution in [0.25, 0.3) is 0 Å². The van der Waals surface area contributed by atoms with Gasteiger partial charge in [-0.2, -0.15) is 10.1 Å². The topological polar surface area (TPSA) is 85.7 Å². The summed E-state index contributed by atoms with van der Waals surface area (Å²) in [7, 11) is 0. The lowest BCUT2D eigenvalue weighted by Gasteiger charge is -2.31. The Morgan fingerprint density at radius 3 is 2.69 bits per heavy atom. The average Bonchev–Trinajstić information content (AvgIpc) is 2.57. The van der Waals surface area contributed by atoms with E-state index in [2.05, 4.69) is 5.10 Å². The highest BCUT2D eigenvalue weighted by molar-refractivity contribution is 5.88. The fourth-order valence-corrected chi connectivity index (χ4v) is 1.90. The lowest BCUT2D eigenvalue weighted by molar-refractivity contribution is -0.0583. The predicted molar refractivity (Wildman–Crippen MR) is 61.8 cm³/mol. The Kier molecular flexibility index (Phi) is 2.40. The van der Waals surface area contributed by atoms with Crippen molar-refractivity contribution < 1.29 is 5.11 Å². The van der Waals surface area contributed by atoms with Gasteiger partial charge in [-0.25, -0.2) is 0 Å². The smallest absolute Gasteiger partial charge is 0.212 e. The predicted octanol–water partition coefficient (Wildman–Crippen LogP) is 0.807. The minimum Gasteiger partial charge on any atom is -0.368 e. The highest BCUT2D eigenvalue weighted by atomic mass is 16.3. The Hall–Kier alpha value is -1.88. The minimum atomic E-state index is -1.32. The molecule has 5 heteroatoms. The van der Waals surface area contributed by atoms with Gasteiger partial charge in [-0.05, 0) is 6.92 Å². The molecule has 0 aromatic heterocycles. The van der Waals surface area contributed by atoms with Gasteiger partial charge >= 0.3 is 0 Å². The van der Waals surface area contributed by atoms with Crippen LogP contribution in [-0.2, 0) is 5.72 Å². The van der Waals surface area contributed by atoms with Crippen molar-refractivity contribution in [3.05, 3.63) is 35.9 Å². The van der Waals surface area contributed by atoms with Crippen LogP contribution in [-0.4, -0.2) is 21.8 Å². The molecule has 0 saturated carbocycles. The zero-order chi connectivity index (χ0) is 11.8. The average molecular weight is 218 g/mol. The van der Waals surface area contributed by atoms with E-state index >= 15 is 0 Å². The largest absolute Gasteiger partial charge is 0.368 e. The summed E-state index contributed by atoms with van der Waals surface area (Å²) in [4.78, 5) is 0. The second kappa shape index (κ2) is 3.61. The van der Waals surface area contributed by atoms with Gasteiger partial charge in [0.1, 0.15) is 0 Å². The highest BCUT2D eigenvalue weighted by Gasteiger charge is 2.42. The van der Waals surface area contributed by atoms with Gasteiger partial charge in [0, 0.05) is 17.7 Å². The Bertz CT molecular complexity index is 443. The van der Waals surface area contributed by atoms with Crippen molar-refractivity contribution in [2.75, 3.05) is 0 Å². The van der Waals surface area contributed by atoms with Crippen molar-refractivity contribution in [2.24, 2.45) is 10.8 Å². The van der Waals surface area contributed by atoms with Crippen molar-refractivity contribution in [3.63, 3.8) is 0 Å². The van der Waals surface area contributed by atoms with Gasteiger partial charge in [-0.15, -0.1) is 0 Å². The normalized spacial score (nSPS) is 24.4. The number of hydrogen-bond acceptors (Lipinski definition) is 3. The van der Waals surface area contributed by atoms with Crippen molar-refractivity contribution >= 4 is 11.7 Å². The summed E-state index contributed by atoms with van der Waals surface area (Å²) in [5, 5.41) is 23.2. The molecule has 0 saturated heterocycles. The summed E-state index contributed by atoms with van der Waals surface area (Å²) < 4.78 is 0. The third kappa shape index (κ3) is 1.55. The van der Waals surface area contributed by atoms with E-state index in [0.29, 0.717) is 12.0 Å². The van der Waals surface area contributed by atoms with Crippen LogP contribution < -0.4 is 5.73 Å². The number of hydrogen-bond donors (Lipinski definition) is 3. The van der Waals surface area contributed by atoms with Crippen LogP contribution in [0.15, 0.2) is 35.4 Å². The molecule has 16 heavy (non-hydrogen) atoms. The third-order valence-electron chi connectivity index (χ3n) is 2.59. The van der Waals surface area contributed by atoms with Crippen LogP contribution in [0.3, 0.4) is 0 Å². The van der Waals surface area contributed by atoms with Crippen molar-refractivity contribution in [1.29, 1.82) is 5.41 Å². The molecule has 1 heterocycles. The zero-order valence-electron chi connectivity index (χ0n) is 9.01. The number of hydrazone groups is 1. The molecule has 1 aliphatic rings. The molecule has 84 valence electrons. The maximum atomic E-state index is 10.6. The fraction of sp³-hybridized carbons (Fsp3) is 0.273. The first-order valence-corrected chi connectivity index (χ1v) is 5.00. The van der Waals surface area contributed by atoms with Gasteiger partial charge in [-0.1, -0.05) is 30.3 Å². The van der Waals surface area contributed by atoms with Gasteiger partial charge in [0.15, 0.2) is 5.72 Å². The molecular formula is C11H14N4O. The molecule has 0 radical (unpaired) electrons. The summed E-state index contributed by atoms with van der Waals surface area (Å²) >= 11 is 0. The molecule has 2 rings (SSSR count). The molecule has 1 unspecified atom stereocenters. The summed E-state index contributed by atoms with van der Waals surface area (Å²) in [5.41, 5.74) is 5.53. The van der Waals surface area contributed by atoms with E-state index in [1.165, 1.54) is 0 Å². The van der Waals surface area contributed by atoms with E-state index in [-0.39, 0.29) is 5.96 Å². The molecule has 5 nitrogen and oxygen atoms in total. The van der Waals surface area contributed by atoms with E-state index in [4.69, 9.17) is 11.1 Å². The van der Waals surface area contributed by atoms with Gasteiger partial charge in [0.25, 0.3) is 0 Å². The van der Waals surface area contributed by atoms with E-state index in [0.717, 1.165) is 10.7 Å². The number of rotatable bonds is 1. The number of nitrogens with one attached hydrogen (secondary N) is 1. The fourth-order valence-electron chi connectivity index (χ4n) is 1.90. The minimum absolute atomic E-state index is 0.261. The lowest BCUT2D eigenvalue weighted by atomic mass is 9.98. The first-order chi connectivity index (χ1) is 7.54. The van der Waals surface area contributed by atoms with Gasteiger partial charge in [0.2, 0.25) is 5.96 Å². The van der Waals surface area contributed by atoms with Crippen LogP contribution >= 0.6 is 0 Å². The van der Waals surface area contributed by atoms with E-state index in [9.17, 15) is 5.11 Å². The Morgan fingerprint density at radius 1 is 1.50 bits per heavy atom. The molecule has 0 spiro atoms. The van der Waals surface area contributed by atoms with E-state index in [1.807, 2.05) is 18.2 Å². The second-order valence-corrected chi connectivity index (χ2v) is 3.89. The Balaban J connectivity index is 2.43. The monoisotopic (exact) mass is 218 g/mol. The van der Waals surface area contributed by atoms with Gasteiger partial charge < -0.3 is 10.8 Å². The summed E-state index contributed by atoms with van der Waals surface area (Å²) in [6.45, 7) is 1.80. The van der Waals surface area contributed by atoms with Crippen LogP contribution in [0.1, 0.15) is 18.9 Å². The van der Waals surface area contributed by atoms with E-state index < -0.39 is 5.72 Å². The molecule has 4 N–H and O–H groups in total. The lowest BCUT2D eigenvalue weighted by Crippen LogP contribution is -2.46. The third-order valence-corrected chi connectivity index (χ3v) is 2.59. The number of nitrogens with two attached hydrogens (primary N) is 1. The molecule has 1 atom stereocenters. The number of guanidine groups is 1. The molecular weight excluding hydrogens is 204 g/mol.